The molecule has 0 atom stereocenters. The topological polar surface area (TPSA) is 111 Å². The van der Waals surface area contributed by atoms with Gasteiger partial charge in [-0.15, -0.1) is 5.10 Å². The molecule has 0 aliphatic carbocycles. The number of primary amides is 1. The smallest absolute Gasteiger partial charge is 0.288 e. The molecular formula is C17H21N7O2. The van der Waals surface area contributed by atoms with Crippen molar-refractivity contribution < 1.29 is 9.59 Å². The van der Waals surface area contributed by atoms with Crippen LogP contribution < -0.4 is 10.6 Å². The quantitative estimate of drug-likeness (QED) is 0.738. The predicted octanol–water partition coefficient (Wildman–Crippen LogP) is 1.03. The molecule has 1 aliphatic heterocycles. The summed E-state index contributed by atoms with van der Waals surface area (Å²) in [4.78, 5) is 27.9. The second-order valence-electron chi connectivity index (χ2n) is 5.91. The maximum Gasteiger partial charge on any atom is 0.288 e. The molecule has 0 bridgehead atoms. The molecule has 0 fully saturated rings. The number of carbonyl (C=O) groups is 2. The van der Waals surface area contributed by atoms with Gasteiger partial charge in [-0.1, -0.05) is 13.0 Å². The number of carbonyl (C=O) groups excluding carboxylic acids is 2. The van der Waals surface area contributed by atoms with Crippen LogP contribution in [0.4, 0.5) is 5.82 Å². The van der Waals surface area contributed by atoms with Gasteiger partial charge in [0.2, 0.25) is 11.7 Å². The fourth-order valence-electron chi connectivity index (χ4n) is 2.79. The minimum Gasteiger partial charge on any atom is -0.363 e. The van der Waals surface area contributed by atoms with E-state index in [9.17, 15) is 9.59 Å². The maximum absolute atomic E-state index is 11.4. The van der Waals surface area contributed by atoms with Crippen LogP contribution in [0.3, 0.4) is 0 Å². The lowest BCUT2D eigenvalue weighted by atomic mass is 10.3. The van der Waals surface area contributed by atoms with Crippen LogP contribution in [-0.4, -0.2) is 43.2 Å². The third-order valence-electron chi connectivity index (χ3n) is 4.19. The number of nitrogens with two attached hydrogens (primary N) is 1. The van der Waals surface area contributed by atoms with E-state index in [0.29, 0.717) is 12.1 Å². The van der Waals surface area contributed by atoms with Crippen molar-refractivity contribution >= 4 is 23.3 Å². The summed E-state index contributed by atoms with van der Waals surface area (Å²) in [6, 6.07) is 7.47. The Balaban J connectivity index is 0.000000152. The van der Waals surface area contributed by atoms with E-state index < -0.39 is 5.91 Å². The fourth-order valence-corrected chi connectivity index (χ4v) is 2.79. The van der Waals surface area contributed by atoms with Crippen molar-refractivity contribution in [2.75, 3.05) is 11.9 Å². The Morgan fingerprint density at radius 1 is 1.31 bits per heavy atom. The zero-order chi connectivity index (χ0) is 18.7. The largest absolute Gasteiger partial charge is 0.363 e. The first-order chi connectivity index (χ1) is 12.5. The minimum atomic E-state index is -0.601. The molecule has 0 spiro atoms. The van der Waals surface area contributed by atoms with E-state index in [1.54, 1.807) is 28.7 Å². The second-order valence-corrected chi connectivity index (χ2v) is 5.91. The van der Waals surface area contributed by atoms with E-state index in [1.165, 1.54) is 0 Å². The number of rotatable bonds is 2. The van der Waals surface area contributed by atoms with E-state index in [2.05, 4.69) is 15.2 Å². The van der Waals surface area contributed by atoms with E-state index in [-0.39, 0.29) is 11.7 Å². The monoisotopic (exact) mass is 355 g/mol. The van der Waals surface area contributed by atoms with Gasteiger partial charge in [-0.2, -0.15) is 5.10 Å². The van der Waals surface area contributed by atoms with Crippen LogP contribution in [0, 0.1) is 0 Å². The zero-order valence-electron chi connectivity index (χ0n) is 14.8. The second kappa shape index (κ2) is 7.34. The molecule has 0 saturated carbocycles. The fraction of sp³-hybridized carbons (Fsp3) is 0.353. The summed E-state index contributed by atoms with van der Waals surface area (Å²) in [7, 11) is 1.79. The van der Waals surface area contributed by atoms with Gasteiger partial charge in [0, 0.05) is 31.8 Å². The Bertz CT molecular complexity index is 944. The number of hydrogen-bond donors (Lipinski definition) is 1. The standard InChI is InChI=1S/C9H10N4O.C8H11N3O/c1-2-6-4-3-5-7-11-9(8(10)14)12-13(6)7;1-10-7-4-5-9-11(7)6-2-3-8(10)12/h3-5H,2H2,1H3,(H2,10,14);4-5H,2-3,6H2,1H3. The summed E-state index contributed by atoms with van der Waals surface area (Å²) in [6.45, 7) is 2.86. The molecule has 3 aromatic rings. The number of fused-ring (bicyclic) bond motifs is 2. The van der Waals surface area contributed by atoms with Crippen LogP contribution in [0.5, 0.6) is 0 Å². The van der Waals surface area contributed by atoms with Crippen molar-refractivity contribution in [3.05, 3.63) is 42.0 Å². The molecule has 2 amide bonds. The third kappa shape index (κ3) is 3.41. The molecule has 0 aromatic carbocycles. The van der Waals surface area contributed by atoms with Crippen molar-refractivity contribution in [1.82, 2.24) is 24.4 Å². The highest BCUT2D eigenvalue weighted by molar-refractivity contribution is 5.92. The summed E-state index contributed by atoms with van der Waals surface area (Å²) < 4.78 is 3.50. The van der Waals surface area contributed by atoms with E-state index >= 15 is 0 Å². The average Bonchev–Trinajstić information content (AvgIpc) is 3.25. The minimum absolute atomic E-state index is 0.0610. The Labute approximate surface area is 150 Å². The van der Waals surface area contributed by atoms with E-state index in [4.69, 9.17) is 5.73 Å². The Morgan fingerprint density at radius 2 is 2.12 bits per heavy atom. The maximum atomic E-state index is 11.4. The SMILES string of the molecule is CCc1cccc2nc(C(N)=O)nn12.CN1C(=O)CCCn2nccc21. The highest BCUT2D eigenvalue weighted by Crippen LogP contribution is 2.17. The predicted molar refractivity (Wildman–Crippen MR) is 95.8 cm³/mol. The van der Waals surface area contributed by atoms with Gasteiger partial charge < -0.3 is 10.6 Å². The van der Waals surface area contributed by atoms with Crippen LogP contribution in [-0.2, 0) is 17.8 Å². The molecular weight excluding hydrogens is 334 g/mol. The Hall–Kier alpha value is -3.23. The van der Waals surface area contributed by atoms with E-state index in [1.807, 2.05) is 29.8 Å². The molecule has 9 heteroatoms. The molecule has 1 aliphatic rings. The lowest BCUT2D eigenvalue weighted by Crippen LogP contribution is -2.25. The molecule has 0 radical (unpaired) electrons. The summed E-state index contributed by atoms with van der Waals surface area (Å²) in [5.74, 6) is 0.536. The molecule has 3 aromatic heterocycles. The average molecular weight is 355 g/mol. The summed E-state index contributed by atoms with van der Waals surface area (Å²) >= 11 is 0. The summed E-state index contributed by atoms with van der Waals surface area (Å²) in [5.41, 5.74) is 6.75. The number of hydrogen-bond acceptors (Lipinski definition) is 5. The number of anilines is 1. The Morgan fingerprint density at radius 3 is 2.85 bits per heavy atom. The van der Waals surface area contributed by atoms with Gasteiger partial charge in [-0.05, 0) is 25.0 Å². The Kier molecular flexibility index (Phi) is 4.97. The van der Waals surface area contributed by atoms with Crippen molar-refractivity contribution in [1.29, 1.82) is 0 Å². The molecule has 0 saturated heterocycles. The first-order valence-corrected chi connectivity index (χ1v) is 8.44. The van der Waals surface area contributed by atoms with Crippen molar-refractivity contribution in [3.63, 3.8) is 0 Å². The third-order valence-corrected chi connectivity index (χ3v) is 4.19. The molecule has 9 nitrogen and oxygen atoms in total. The highest BCUT2D eigenvalue weighted by Gasteiger charge is 2.18. The molecule has 4 heterocycles. The molecule has 2 N–H and O–H groups in total. The van der Waals surface area contributed by atoms with Crippen LogP contribution in [0.15, 0.2) is 30.5 Å². The lowest BCUT2D eigenvalue weighted by Gasteiger charge is -2.13. The number of amides is 2. The van der Waals surface area contributed by atoms with Gasteiger partial charge in [0.15, 0.2) is 5.65 Å². The van der Waals surface area contributed by atoms with Gasteiger partial charge in [-0.3, -0.25) is 9.59 Å². The summed E-state index contributed by atoms with van der Waals surface area (Å²) in [6.07, 6.45) is 4.07. The van der Waals surface area contributed by atoms with Gasteiger partial charge in [0.05, 0.1) is 6.20 Å². The molecule has 26 heavy (non-hydrogen) atoms. The normalized spacial score (nSPS) is 13.8. The molecule has 4 rings (SSSR count). The van der Waals surface area contributed by atoms with Crippen LogP contribution >= 0.6 is 0 Å². The van der Waals surface area contributed by atoms with Gasteiger partial charge >= 0.3 is 0 Å². The van der Waals surface area contributed by atoms with Gasteiger partial charge in [0.1, 0.15) is 5.82 Å². The number of nitrogens with zero attached hydrogens (tertiary/aromatic N) is 6. The van der Waals surface area contributed by atoms with Crippen molar-refractivity contribution in [2.24, 2.45) is 5.73 Å². The highest BCUT2D eigenvalue weighted by atomic mass is 16.2. The molecule has 0 unspecified atom stereocenters. The lowest BCUT2D eigenvalue weighted by molar-refractivity contribution is -0.118. The van der Waals surface area contributed by atoms with Crippen LogP contribution in [0.2, 0.25) is 0 Å². The van der Waals surface area contributed by atoms with Crippen LogP contribution in [0.25, 0.3) is 5.65 Å². The first-order valence-electron chi connectivity index (χ1n) is 8.44. The molecule has 136 valence electrons. The van der Waals surface area contributed by atoms with Gasteiger partial charge in [0.25, 0.3) is 5.91 Å². The number of aromatic nitrogens is 5. The zero-order valence-corrected chi connectivity index (χ0v) is 14.8. The number of aryl methyl sites for hydroxylation is 2. The first kappa shape index (κ1) is 17.6. The van der Waals surface area contributed by atoms with Crippen molar-refractivity contribution in [2.45, 2.75) is 32.7 Å². The van der Waals surface area contributed by atoms with E-state index in [0.717, 1.165) is 30.9 Å². The summed E-state index contributed by atoms with van der Waals surface area (Å²) in [5, 5.41) is 8.14. The number of pyridine rings is 1. The van der Waals surface area contributed by atoms with Crippen LogP contribution in [0.1, 0.15) is 36.1 Å². The van der Waals surface area contributed by atoms with Crippen molar-refractivity contribution in [3.8, 4) is 0 Å². The van der Waals surface area contributed by atoms with Gasteiger partial charge in [-0.25, -0.2) is 14.2 Å².